The number of rotatable bonds is 6. The van der Waals surface area contributed by atoms with Gasteiger partial charge in [0, 0.05) is 4.88 Å². The Balaban J connectivity index is 0.000000111. The number of fused-ring (bicyclic) bond motifs is 8. The summed E-state index contributed by atoms with van der Waals surface area (Å²) in [5.41, 5.74) is 21.9. The Morgan fingerprint density at radius 2 is 0.528 bits per heavy atom. The van der Waals surface area contributed by atoms with Crippen LogP contribution in [0.5, 0.6) is 0 Å². The molecular formula is C106H84S2. The van der Waals surface area contributed by atoms with Gasteiger partial charge in [0.1, 0.15) is 0 Å². The number of hydrogen-bond acceptors (Lipinski definition) is 2. The van der Waals surface area contributed by atoms with Crippen molar-refractivity contribution in [3.05, 3.63) is 431 Å². The predicted molar refractivity (Wildman–Crippen MR) is 475 cm³/mol. The standard InChI is InChI=1S/C33H24.3C21H16.2C5H6S/c1-23-7-6-12-26(17-23)31-20-32(29-15-13-24-8-2-4-10-27(24)18-29)22-33(21-31)30-16-14-25-9-3-5-11-28(25)19-30;1-15-7-6-10-18(13-15)21-19-11-4-2-8-16(19)14-17-9-3-5-12-20(17)21;1-15-10-12-16(13-11-15)21-19-8-4-2-6-17(19)14-18-7-3-5-9-20(18)21;1-15-17-11-5-7-13-19(17)21(16-9-3-2-4-10-16)20-14-8-6-12-18(15)20;1-5-2-3-6-4-5;1-5-3-2-4-6-5/h2-22H,1H3;3*2-14H,1H3;2*2-4H,1H3. The van der Waals surface area contributed by atoms with Gasteiger partial charge < -0.3 is 0 Å². The first kappa shape index (κ1) is 71.1. The molecule has 0 saturated carbocycles. The zero-order valence-corrected chi connectivity index (χ0v) is 63.6. The first-order valence-electron chi connectivity index (χ1n) is 37.1. The fourth-order valence-electron chi connectivity index (χ4n) is 14.8. The SMILES string of the molecule is Cc1c2ccccc2c(-c2ccccc2)c2ccccc12.Cc1ccc(-c2c3ccccc3cc3ccccc23)cc1.Cc1cccc(-c2c3ccccc3cc3ccccc23)c1.Cc1cccc(-c2cc(-c3ccc4ccccc4c3)cc(-c3ccc4ccccc4c3)c2)c1.Cc1cccs1.Cc1ccsc1. The van der Waals surface area contributed by atoms with Gasteiger partial charge >= 0.3 is 0 Å². The first-order chi connectivity index (χ1) is 53.0. The Morgan fingerprint density at radius 3 is 0.926 bits per heavy atom. The highest BCUT2D eigenvalue weighted by atomic mass is 32.1. The molecule has 0 radical (unpaired) electrons. The molecule has 520 valence electrons. The lowest BCUT2D eigenvalue weighted by Gasteiger charge is -2.15. The summed E-state index contributed by atoms with van der Waals surface area (Å²) in [5, 5.41) is 27.2. The summed E-state index contributed by atoms with van der Waals surface area (Å²) in [4.78, 5) is 1.38. The van der Waals surface area contributed by atoms with Crippen LogP contribution >= 0.6 is 22.7 Å². The van der Waals surface area contributed by atoms with Crippen LogP contribution in [0.3, 0.4) is 0 Å². The first-order valence-corrected chi connectivity index (χ1v) is 39.0. The molecule has 2 heterocycles. The predicted octanol–water partition coefficient (Wildman–Crippen LogP) is 31.3. The van der Waals surface area contributed by atoms with Gasteiger partial charge in [0.25, 0.3) is 0 Å². The van der Waals surface area contributed by atoms with Crippen LogP contribution in [0.1, 0.15) is 32.7 Å². The van der Waals surface area contributed by atoms with Crippen LogP contribution in [0.25, 0.3) is 153 Å². The minimum Gasteiger partial charge on any atom is -0.152 e. The van der Waals surface area contributed by atoms with Gasteiger partial charge in [-0.25, -0.2) is 0 Å². The van der Waals surface area contributed by atoms with E-state index in [2.05, 4.69) is 440 Å². The Kier molecular flexibility index (Phi) is 21.9. The highest BCUT2D eigenvalue weighted by Gasteiger charge is 2.15. The lowest BCUT2D eigenvalue weighted by atomic mass is 9.89. The van der Waals surface area contributed by atoms with E-state index >= 15 is 0 Å². The highest BCUT2D eigenvalue weighted by molar-refractivity contribution is 7.09. The summed E-state index contributed by atoms with van der Waals surface area (Å²) < 4.78 is 0. The monoisotopic (exact) mass is 1420 g/mol. The molecule has 0 spiro atoms. The molecule has 0 saturated heterocycles. The maximum atomic E-state index is 2.33. The average Bonchev–Trinajstić information content (AvgIpc) is 0.870. The molecule has 2 aromatic heterocycles. The summed E-state index contributed by atoms with van der Waals surface area (Å²) in [6.07, 6.45) is 0. The van der Waals surface area contributed by atoms with E-state index in [0.717, 1.165) is 0 Å². The smallest absolute Gasteiger partial charge is 0.00141 e. The second kappa shape index (κ2) is 33.3. The van der Waals surface area contributed by atoms with Crippen molar-refractivity contribution in [1.82, 2.24) is 0 Å². The van der Waals surface area contributed by atoms with Crippen LogP contribution in [-0.4, -0.2) is 0 Å². The molecule has 0 aliphatic carbocycles. The van der Waals surface area contributed by atoms with Crippen molar-refractivity contribution in [1.29, 1.82) is 0 Å². The Bertz CT molecular complexity index is 6180. The molecule has 0 fully saturated rings. The van der Waals surface area contributed by atoms with E-state index in [-0.39, 0.29) is 0 Å². The van der Waals surface area contributed by atoms with Crippen molar-refractivity contribution in [2.45, 2.75) is 41.5 Å². The quantitative estimate of drug-likeness (QED) is 0.146. The van der Waals surface area contributed by atoms with Gasteiger partial charge in [0.05, 0.1) is 0 Å². The Hall–Kier alpha value is -12.6. The van der Waals surface area contributed by atoms with E-state index in [9.17, 15) is 0 Å². The van der Waals surface area contributed by atoms with Crippen molar-refractivity contribution < 1.29 is 0 Å². The maximum Gasteiger partial charge on any atom is 0.00141 e. The molecule has 0 amide bonds. The third-order valence-corrected chi connectivity index (χ3v) is 21.8. The van der Waals surface area contributed by atoms with E-state index < -0.39 is 0 Å². The lowest BCUT2D eigenvalue weighted by molar-refractivity contribution is 1.46. The van der Waals surface area contributed by atoms with Crippen LogP contribution in [0.15, 0.2) is 398 Å². The summed E-state index contributed by atoms with van der Waals surface area (Å²) in [7, 11) is 0. The van der Waals surface area contributed by atoms with Gasteiger partial charge in [0.2, 0.25) is 0 Å². The summed E-state index contributed by atoms with van der Waals surface area (Å²) in [6.45, 7) is 12.9. The molecule has 0 bridgehead atoms. The minimum atomic E-state index is 1.24. The molecule has 20 rings (SSSR count). The van der Waals surface area contributed by atoms with Crippen LogP contribution in [0, 0.1) is 41.5 Å². The van der Waals surface area contributed by atoms with Gasteiger partial charge in [-0.05, 0) is 276 Å². The molecule has 18 aromatic carbocycles. The molecule has 108 heavy (non-hydrogen) atoms. The molecule has 20 aromatic rings. The molecule has 0 aliphatic rings. The van der Waals surface area contributed by atoms with Crippen LogP contribution in [0.2, 0.25) is 0 Å². The van der Waals surface area contributed by atoms with Crippen molar-refractivity contribution >= 4 is 109 Å². The molecule has 0 aliphatic heterocycles. The Morgan fingerprint density at radius 1 is 0.176 bits per heavy atom. The molecular weight excluding hydrogens is 1340 g/mol. The third-order valence-electron chi connectivity index (χ3n) is 20.2. The van der Waals surface area contributed by atoms with E-state index in [1.165, 1.54) is 186 Å². The summed E-state index contributed by atoms with van der Waals surface area (Å²) in [6, 6.07) is 137. The molecule has 0 unspecified atom stereocenters. The highest BCUT2D eigenvalue weighted by Crippen LogP contribution is 2.42. The van der Waals surface area contributed by atoms with Crippen molar-refractivity contribution in [3.8, 4) is 66.8 Å². The molecule has 2 heteroatoms. The maximum absolute atomic E-state index is 2.33. The molecule has 0 N–H and O–H groups in total. The molecule has 0 nitrogen and oxygen atoms in total. The van der Waals surface area contributed by atoms with Crippen LogP contribution in [-0.2, 0) is 0 Å². The number of thiophene rings is 2. The third kappa shape index (κ3) is 16.3. The zero-order chi connectivity index (χ0) is 73.7. The summed E-state index contributed by atoms with van der Waals surface area (Å²) >= 11 is 3.52. The molecule has 0 atom stereocenters. The van der Waals surface area contributed by atoms with Gasteiger partial charge in [-0.2, -0.15) is 11.3 Å². The van der Waals surface area contributed by atoms with Crippen molar-refractivity contribution in [2.24, 2.45) is 0 Å². The number of aryl methyl sites for hydroxylation is 6. The van der Waals surface area contributed by atoms with Crippen molar-refractivity contribution in [2.75, 3.05) is 0 Å². The fourth-order valence-corrected chi connectivity index (χ4v) is 16.0. The van der Waals surface area contributed by atoms with Gasteiger partial charge in [-0.15, -0.1) is 11.3 Å². The van der Waals surface area contributed by atoms with E-state index in [1.54, 1.807) is 22.7 Å². The average molecular weight is 1420 g/mol. The lowest BCUT2D eigenvalue weighted by Crippen LogP contribution is -1.88. The van der Waals surface area contributed by atoms with E-state index in [4.69, 9.17) is 0 Å². The minimum absolute atomic E-state index is 1.24. The summed E-state index contributed by atoms with van der Waals surface area (Å²) in [5.74, 6) is 0. The zero-order valence-electron chi connectivity index (χ0n) is 61.9. The fraction of sp³-hybridized carbons (Fsp3) is 0.0566. The van der Waals surface area contributed by atoms with Crippen LogP contribution in [0.4, 0.5) is 0 Å². The number of benzene rings is 18. The normalized spacial score (nSPS) is 10.9. The van der Waals surface area contributed by atoms with Gasteiger partial charge in [-0.3, -0.25) is 0 Å². The largest absolute Gasteiger partial charge is 0.152 e. The number of hydrogen-bond donors (Lipinski definition) is 0. The van der Waals surface area contributed by atoms with Gasteiger partial charge in [-0.1, -0.05) is 344 Å². The second-order valence-electron chi connectivity index (χ2n) is 27.9. The Labute approximate surface area is 643 Å². The van der Waals surface area contributed by atoms with E-state index in [1.807, 2.05) is 0 Å². The second-order valence-corrected chi connectivity index (χ2v) is 29.8. The van der Waals surface area contributed by atoms with Crippen LogP contribution < -0.4 is 0 Å². The topological polar surface area (TPSA) is 0 Å². The van der Waals surface area contributed by atoms with E-state index in [0.29, 0.717) is 0 Å². The van der Waals surface area contributed by atoms with Gasteiger partial charge in [0.15, 0.2) is 0 Å². The van der Waals surface area contributed by atoms with Crippen molar-refractivity contribution in [3.63, 3.8) is 0 Å².